The van der Waals surface area contributed by atoms with Gasteiger partial charge < -0.3 is 9.13 Å². The van der Waals surface area contributed by atoms with Crippen molar-refractivity contribution in [2.45, 2.75) is 25.9 Å². The van der Waals surface area contributed by atoms with Gasteiger partial charge in [0.25, 0.3) is 0 Å². The van der Waals surface area contributed by atoms with E-state index in [4.69, 9.17) is 0 Å². The van der Waals surface area contributed by atoms with Crippen molar-refractivity contribution in [2.24, 2.45) is 11.8 Å². The molecule has 32 heavy (non-hydrogen) atoms. The molecule has 0 spiro atoms. The molecule has 0 bridgehead atoms. The normalized spacial score (nSPS) is 23.3. The van der Waals surface area contributed by atoms with E-state index in [-0.39, 0.29) is 0 Å². The van der Waals surface area contributed by atoms with Gasteiger partial charge in [-0.3, -0.25) is 0 Å². The lowest BCUT2D eigenvalue weighted by Gasteiger charge is -2.51. The van der Waals surface area contributed by atoms with Crippen molar-refractivity contribution in [3.8, 4) is 0 Å². The Morgan fingerprint density at radius 2 is 0.656 bits per heavy atom. The highest BCUT2D eigenvalue weighted by atomic mass is 15.2. The van der Waals surface area contributed by atoms with E-state index in [0.717, 1.165) is 0 Å². The molecular formula is C30H26N2. The summed E-state index contributed by atoms with van der Waals surface area (Å²) in [6.45, 7) is 4.87. The number of nitrogens with zero attached hydrogens (tertiary/aromatic N) is 2. The molecule has 1 fully saturated rings. The summed E-state index contributed by atoms with van der Waals surface area (Å²) in [5.41, 5.74) is 5.40. The topological polar surface area (TPSA) is 9.86 Å². The Labute approximate surface area is 187 Å². The van der Waals surface area contributed by atoms with Crippen LogP contribution in [0.2, 0.25) is 0 Å². The Balaban J connectivity index is 1.54. The Morgan fingerprint density at radius 1 is 0.406 bits per heavy atom. The second kappa shape index (κ2) is 6.49. The highest BCUT2D eigenvalue weighted by Crippen LogP contribution is 2.56. The van der Waals surface area contributed by atoms with Gasteiger partial charge in [0.1, 0.15) is 0 Å². The summed E-state index contributed by atoms with van der Waals surface area (Å²) in [5, 5.41) is 5.43. The van der Waals surface area contributed by atoms with Crippen molar-refractivity contribution in [3.05, 3.63) is 97.1 Å². The monoisotopic (exact) mass is 414 g/mol. The predicted molar refractivity (Wildman–Crippen MR) is 135 cm³/mol. The highest BCUT2D eigenvalue weighted by molar-refractivity contribution is 6.09. The lowest BCUT2D eigenvalue weighted by Crippen LogP contribution is -2.46. The maximum atomic E-state index is 2.64. The van der Waals surface area contributed by atoms with Crippen LogP contribution in [-0.4, -0.2) is 9.13 Å². The molecule has 4 aromatic carbocycles. The average molecular weight is 415 g/mol. The molecule has 7 rings (SSSR count). The van der Waals surface area contributed by atoms with Crippen molar-refractivity contribution in [1.29, 1.82) is 0 Å². The summed E-state index contributed by atoms with van der Waals surface area (Å²) in [5.74, 6) is 1.19. The Hall–Kier alpha value is -3.52. The minimum atomic E-state index is 0.411. The van der Waals surface area contributed by atoms with Gasteiger partial charge in [0, 0.05) is 43.6 Å². The quantitative estimate of drug-likeness (QED) is 0.272. The first-order valence-electron chi connectivity index (χ1n) is 11.7. The van der Waals surface area contributed by atoms with Crippen molar-refractivity contribution < 1.29 is 0 Å². The second-order valence-corrected chi connectivity index (χ2v) is 9.51. The average Bonchev–Trinajstić information content (AvgIpc) is 3.35. The van der Waals surface area contributed by atoms with Crippen LogP contribution in [0.25, 0.3) is 43.6 Å². The zero-order valence-corrected chi connectivity index (χ0v) is 18.4. The summed E-state index contributed by atoms with van der Waals surface area (Å²) in [6.07, 6.45) is 0. The summed E-state index contributed by atoms with van der Waals surface area (Å²) in [7, 11) is 0. The van der Waals surface area contributed by atoms with Crippen LogP contribution in [0.3, 0.4) is 0 Å². The summed E-state index contributed by atoms with van der Waals surface area (Å²) in [4.78, 5) is 0. The molecule has 1 aliphatic carbocycles. The van der Waals surface area contributed by atoms with Crippen LogP contribution < -0.4 is 0 Å². The number of benzene rings is 4. The molecule has 2 nitrogen and oxygen atoms in total. The van der Waals surface area contributed by atoms with E-state index < -0.39 is 0 Å². The summed E-state index contributed by atoms with van der Waals surface area (Å²) in [6, 6.07) is 36.5. The Morgan fingerprint density at radius 3 is 0.938 bits per heavy atom. The molecule has 0 saturated heterocycles. The molecule has 0 radical (unpaired) electrons. The standard InChI is InChI=1S/C30H26N2/c1-19-20(2)30(32-27-17-9-5-13-23(27)24-14-6-10-18-28(24)32)29(19)31-25-15-7-3-11-21(25)22-12-4-8-16-26(22)31/h3-20,29-30H,1-2H3/t19-,20-,29-,30-/m1/s1. The van der Waals surface area contributed by atoms with Crippen molar-refractivity contribution in [3.63, 3.8) is 0 Å². The molecule has 0 amide bonds. The molecule has 2 heteroatoms. The van der Waals surface area contributed by atoms with Gasteiger partial charge in [0.2, 0.25) is 0 Å². The molecule has 0 N–H and O–H groups in total. The van der Waals surface area contributed by atoms with Crippen molar-refractivity contribution >= 4 is 43.6 Å². The van der Waals surface area contributed by atoms with Crippen molar-refractivity contribution in [1.82, 2.24) is 9.13 Å². The molecule has 6 aromatic rings. The first-order chi connectivity index (χ1) is 15.8. The minimum Gasteiger partial charge on any atom is -0.335 e. The third kappa shape index (κ3) is 2.20. The second-order valence-electron chi connectivity index (χ2n) is 9.51. The first-order valence-corrected chi connectivity index (χ1v) is 11.7. The van der Waals surface area contributed by atoms with E-state index in [1.165, 1.54) is 43.6 Å². The van der Waals surface area contributed by atoms with Gasteiger partial charge in [-0.1, -0.05) is 86.6 Å². The van der Waals surface area contributed by atoms with Crippen LogP contribution in [0, 0.1) is 11.8 Å². The smallest absolute Gasteiger partial charge is 0.0581 e. The molecule has 2 aromatic heterocycles. The number of para-hydroxylation sites is 4. The zero-order chi connectivity index (χ0) is 21.4. The number of hydrogen-bond donors (Lipinski definition) is 0. The highest BCUT2D eigenvalue weighted by Gasteiger charge is 2.48. The Kier molecular flexibility index (Phi) is 3.67. The van der Waals surface area contributed by atoms with Gasteiger partial charge in [-0.25, -0.2) is 0 Å². The van der Waals surface area contributed by atoms with Gasteiger partial charge in [0.05, 0.1) is 12.1 Å². The van der Waals surface area contributed by atoms with Gasteiger partial charge in [-0.05, 0) is 36.1 Å². The maximum absolute atomic E-state index is 2.64. The molecule has 1 aliphatic rings. The van der Waals surface area contributed by atoms with Gasteiger partial charge >= 0.3 is 0 Å². The molecule has 4 atom stereocenters. The van der Waals surface area contributed by atoms with E-state index in [1.807, 2.05) is 0 Å². The van der Waals surface area contributed by atoms with Gasteiger partial charge in [0.15, 0.2) is 0 Å². The van der Waals surface area contributed by atoms with Crippen molar-refractivity contribution in [2.75, 3.05) is 0 Å². The molecule has 1 saturated carbocycles. The van der Waals surface area contributed by atoms with Gasteiger partial charge in [-0.2, -0.15) is 0 Å². The van der Waals surface area contributed by atoms with Crippen LogP contribution >= 0.6 is 0 Å². The largest absolute Gasteiger partial charge is 0.335 e. The molecule has 2 heterocycles. The SMILES string of the molecule is C[C@@H]1[C@@H](C)[C@@H](n2c3ccccc3c3ccccc32)[C@@H]1n1c2ccccc2c2ccccc21. The van der Waals surface area contributed by atoms with Crippen LogP contribution in [0.15, 0.2) is 97.1 Å². The van der Waals surface area contributed by atoms with E-state index in [2.05, 4.69) is 120 Å². The summed E-state index contributed by atoms with van der Waals surface area (Å²) >= 11 is 0. The van der Waals surface area contributed by atoms with Crippen LogP contribution in [0.4, 0.5) is 0 Å². The molecule has 156 valence electrons. The number of hydrogen-bond acceptors (Lipinski definition) is 0. The Bertz CT molecular complexity index is 1400. The van der Waals surface area contributed by atoms with Crippen LogP contribution in [-0.2, 0) is 0 Å². The fraction of sp³-hybridized carbons (Fsp3) is 0.200. The van der Waals surface area contributed by atoms with Crippen LogP contribution in [0.1, 0.15) is 25.9 Å². The predicted octanol–water partition coefficient (Wildman–Crippen LogP) is 7.97. The number of fused-ring (bicyclic) bond motifs is 6. The van der Waals surface area contributed by atoms with E-state index in [1.54, 1.807) is 0 Å². The zero-order valence-electron chi connectivity index (χ0n) is 18.4. The summed E-state index contributed by atoms with van der Waals surface area (Å²) < 4.78 is 5.28. The fourth-order valence-electron chi connectivity index (χ4n) is 6.42. The van der Waals surface area contributed by atoms with E-state index in [9.17, 15) is 0 Å². The molecule has 0 unspecified atom stereocenters. The van der Waals surface area contributed by atoms with Gasteiger partial charge in [-0.15, -0.1) is 0 Å². The third-order valence-corrected chi connectivity index (χ3v) is 8.09. The van der Waals surface area contributed by atoms with Crippen LogP contribution in [0.5, 0.6) is 0 Å². The number of aromatic nitrogens is 2. The maximum Gasteiger partial charge on any atom is 0.0581 e. The molecule has 0 aliphatic heterocycles. The minimum absolute atomic E-state index is 0.411. The fourth-order valence-corrected chi connectivity index (χ4v) is 6.42. The van der Waals surface area contributed by atoms with E-state index in [0.29, 0.717) is 23.9 Å². The van der Waals surface area contributed by atoms with E-state index >= 15 is 0 Å². The lowest BCUT2D eigenvalue weighted by atomic mass is 9.66. The lowest BCUT2D eigenvalue weighted by molar-refractivity contribution is 0.0338. The first kappa shape index (κ1) is 18.1. The molecular weight excluding hydrogens is 388 g/mol. The number of rotatable bonds is 2. The third-order valence-electron chi connectivity index (χ3n) is 8.09.